The largest absolute Gasteiger partial charge is 0.361 e. The van der Waals surface area contributed by atoms with Crippen molar-refractivity contribution in [2.75, 3.05) is 19.0 Å². The molecule has 1 aromatic rings. The molecule has 0 aliphatic carbocycles. The Kier molecular flexibility index (Phi) is 1.85. The van der Waals surface area contributed by atoms with E-state index in [9.17, 15) is 0 Å². The number of aryl methyl sites for hydroxylation is 1. The van der Waals surface area contributed by atoms with E-state index in [1.54, 1.807) is 12.4 Å². The summed E-state index contributed by atoms with van der Waals surface area (Å²) in [6.45, 7) is 1.93. The Morgan fingerprint density at radius 2 is 2.00 bits per heavy atom. The average molecular weight is 137 g/mol. The van der Waals surface area contributed by atoms with Gasteiger partial charge in [-0.05, 0) is 6.92 Å². The summed E-state index contributed by atoms with van der Waals surface area (Å²) >= 11 is 0. The molecule has 0 saturated heterocycles. The van der Waals surface area contributed by atoms with Crippen LogP contribution < -0.4 is 4.90 Å². The van der Waals surface area contributed by atoms with E-state index in [1.807, 2.05) is 25.9 Å². The van der Waals surface area contributed by atoms with E-state index in [0.717, 1.165) is 11.5 Å². The van der Waals surface area contributed by atoms with Gasteiger partial charge in [0.2, 0.25) is 0 Å². The molecule has 0 fully saturated rings. The van der Waals surface area contributed by atoms with E-state index < -0.39 is 0 Å². The van der Waals surface area contributed by atoms with E-state index in [2.05, 4.69) is 9.97 Å². The third-order valence-electron chi connectivity index (χ3n) is 1.20. The van der Waals surface area contributed by atoms with Crippen LogP contribution in [0.15, 0.2) is 12.4 Å². The first-order valence-corrected chi connectivity index (χ1v) is 3.16. The van der Waals surface area contributed by atoms with E-state index >= 15 is 0 Å². The van der Waals surface area contributed by atoms with Crippen LogP contribution in [0.5, 0.6) is 0 Å². The average Bonchev–Trinajstić information content (AvgIpc) is 1.88. The van der Waals surface area contributed by atoms with Crippen LogP contribution in [0.4, 0.5) is 5.82 Å². The van der Waals surface area contributed by atoms with E-state index in [0.29, 0.717) is 0 Å². The molecule has 0 radical (unpaired) electrons. The van der Waals surface area contributed by atoms with Crippen LogP contribution in [0, 0.1) is 6.92 Å². The van der Waals surface area contributed by atoms with Gasteiger partial charge in [0.25, 0.3) is 0 Å². The Hall–Kier alpha value is -1.12. The minimum absolute atomic E-state index is 0.903. The van der Waals surface area contributed by atoms with Crippen LogP contribution >= 0.6 is 0 Å². The fourth-order valence-electron chi connectivity index (χ4n) is 0.666. The number of hydrogen-bond donors (Lipinski definition) is 0. The van der Waals surface area contributed by atoms with Crippen molar-refractivity contribution in [2.45, 2.75) is 6.92 Å². The predicted molar refractivity (Wildman–Crippen MR) is 41.1 cm³/mol. The Balaban J connectivity index is 2.96. The number of anilines is 1. The normalized spacial score (nSPS) is 9.50. The van der Waals surface area contributed by atoms with Gasteiger partial charge in [-0.3, -0.25) is 4.98 Å². The molecule has 1 rings (SSSR count). The van der Waals surface area contributed by atoms with Gasteiger partial charge in [0, 0.05) is 20.3 Å². The standard InChI is InChI=1S/C7H11N3/c1-6-4-8-5-7(9-6)10(2)3/h4-5H,1-3H3. The third-order valence-corrected chi connectivity index (χ3v) is 1.20. The highest BCUT2D eigenvalue weighted by atomic mass is 15.1. The summed E-state index contributed by atoms with van der Waals surface area (Å²) in [7, 11) is 3.90. The summed E-state index contributed by atoms with van der Waals surface area (Å²) in [5.41, 5.74) is 0.950. The van der Waals surface area contributed by atoms with Crippen LogP contribution in [-0.2, 0) is 0 Å². The van der Waals surface area contributed by atoms with Crippen molar-refractivity contribution in [3.05, 3.63) is 18.1 Å². The maximum atomic E-state index is 4.24. The van der Waals surface area contributed by atoms with Crippen molar-refractivity contribution in [2.24, 2.45) is 0 Å². The Labute approximate surface area is 60.7 Å². The van der Waals surface area contributed by atoms with Crippen molar-refractivity contribution in [3.8, 4) is 0 Å². The maximum Gasteiger partial charge on any atom is 0.146 e. The Morgan fingerprint density at radius 1 is 1.30 bits per heavy atom. The minimum Gasteiger partial charge on any atom is -0.361 e. The molecule has 0 saturated carbocycles. The predicted octanol–water partition coefficient (Wildman–Crippen LogP) is 0.851. The van der Waals surface area contributed by atoms with Gasteiger partial charge < -0.3 is 4.90 Å². The Bertz CT molecular complexity index is 220. The molecule has 0 N–H and O–H groups in total. The number of rotatable bonds is 1. The van der Waals surface area contributed by atoms with Gasteiger partial charge in [-0.1, -0.05) is 0 Å². The van der Waals surface area contributed by atoms with Crippen LogP contribution in [0.1, 0.15) is 5.69 Å². The highest BCUT2D eigenvalue weighted by molar-refractivity contribution is 5.33. The molecular formula is C7H11N3. The molecule has 0 aliphatic heterocycles. The van der Waals surface area contributed by atoms with Gasteiger partial charge >= 0.3 is 0 Å². The lowest BCUT2D eigenvalue weighted by atomic mass is 10.5. The van der Waals surface area contributed by atoms with E-state index in [4.69, 9.17) is 0 Å². The quantitative estimate of drug-likeness (QED) is 0.574. The summed E-state index contributed by atoms with van der Waals surface area (Å²) < 4.78 is 0. The lowest BCUT2D eigenvalue weighted by Gasteiger charge is -2.09. The monoisotopic (exact) mass is 137 g/mol. The highest BCUT2D eigenvalue weighted by Crippen LogP contribution is 2.03. The first kappa shape index (κ1) is 6.99. The highest BCUT2D eigenvalue weighted by Gasteiger charge is 1.94. The van der Waals surface area contributed by atoms with Crippen molar-refractivity contribution in [3.63, 3.8) is 0 Å². The fourth-order valence-corrected chi connectivity index (χ4v) is 0.666. The second kappa shape index (κ2) is 2.64. The van der Waals surface area contributed by atoms with Gasteiger partial charge in [-0.2, -0.15) is 0 Å². The molecule has 10 heavy (non-hydrogen) atoms. The number of aromatic nitrogens is 2. The summed E-state index contributed by atoms with van der Waals surface area (Å²) in [5, 5.41) is 0. The van der Waals surface area contributed by atoms with Crippen molar-refractivity contribution >= 4 is 5.82 Å². The maximum absolute atomic E-state index is 4.24. The molecule has 1 heterocycles. The third kappa shape index (κ3) is 1.43. The van der Waals surface area contributed by atoms with Crippen LogP contribution in [0.3, 0.4) is 0 Å². The Morgan fingerprint density at radius 3 is 2.40 bits per heavy atom. The lowest BCUT2D eigenvalue weighted by molar-refractivity contribution is 1.01. The zero-order valence-corrected chi connectivity index (χ0v) is 6.50. The molecule has 0 spiro atoms. The molecule has 54 valence electrons. The molecule has 0 amide bonds. The van der Waals surface area contributed by atoms with Gasteiger partial charge in [0.15, 0.2) is 0 Å². The van der Waals surface area contributed by atoms with Crippen LogP contribution in [-0.4, -0.2) is 24.1 Å². The molecule has 0 unspecified atom stereocenters. The molecule has 3 nitrogen and oxygen atoms in total. The SMILES string of the molecule is Cc1cncc(N(C)C)n1. The van der Waals surface area contributed by atoms with Gasteiger partial charge in [0.05, 0.1) is 11.9 Å². The minimum atomic E-state index is 0.903. The van der Waals surface area contributed by atoms with Crippen molar-refractivity contribution < 1.29 is 0 Å². The summed E-state index contributed by atoms with van der Waals surface area (Å²) in [6, 6.07) is 0. The smallest absolute Gasteiger partial charge is 0.146 e. The van der Waals surface area contributed by atoms with Gasteiger partial charge in [-0.15, -0.1) is 0 Å². The second-order valence-corrected chi connectivity index (χ2v) is 2.41. The first-order chi connectivity index (χ1) is 4.70. The van der Waals surface area contributed by atoms with Crippen molar-refractivity contribution in [1.82, 2.24) is 9.97 Å². The van der Waals surface area contributed by atoms with Crippen molar-refractivity contribution in [1.29, 1.82) is 0 Å². The molecule has 0 aliphatic rings. The summed E-state index contributed by atoms with van der Waals surface area (Å²) in [6.07, 6.45) is 3.49. The van der Waals surface area contributed by atoms with E-state index in [-0.39, 0.29) is 0 Å². The lowest BCUT2D eigenvalue weighted by Crippen LogP contribution is -2.11. The molecule has 0 atom stereocenters. The molecule has 3 heteroatoms. The van der Waals surface area contributed by atoms with E-state index in [1.165, 1.54) is 0 Å². The fraction of sp³-hybridized carbons (Fsp3) is 0.429. The first-order valence-electron chi connectivity index (χ1n) is 3.16. The summed E-state index contributed by atoms with van der Waals surface area (Å²) in [5.74, 6) is 0.903. The van der Waals surface area contributed by atoms with Crippen LogP contribution in [0.2, 0.25) is 0 Å². The second-order valence-electron chi connectivity index (χ2n) is 2.41. The molecule has 0 bridgehead atoms. The zero-order chi connectivity index (χ0) is 7.56. The number of nitrogens with zero attached hydrogens (tertiary/aromatic N) is 3. The number of hydrogen-bond acceptors (Lipinski definition) is 3. The molecule has 1 aromatic heterocycles. The zero-order valence-electron chi connectivity index (χ0n) is 6.50. The molecular weight excluding hydrogens is 126 g/mol. The summed E-state index contributed by atoms with van der Waals surface area (Å²) in [4.78, 5) is 10.2. The topological polar surface area (TPSA) is 29.0 Å². The van der Waals surface area contributed by atoms with Gasteiger partial charge in [-0.25, -0.2) is 4.98 Å². The van der Waals surface area contributed by atoms with Gasteiger partial charge in [0.1, 0.15) is 5.82 Å². The van der Waals surface area contributed by atoms with Crippen LogP contribution in [0.25, 0.3) is 0 Å². The molecule has 0 aromatic carbocycles.